The summed E-state index contributed by atoms with van der Waals surface area (Å²) in [6.45, 7) is 8.80. The van der Waals surface area contributed by atoms with Crippen LogP contribution in [0.5, 0.6) is 0 Å². The standard InChI is InChI=1S/C24H27N5O/c1-6-24(16-9-7-8-15(10-16)17-13-29(5)28-14(17)2)18-12-25-27-22(18)26-19-11-23(3,4)21(30)20(19)24/h7-10,13,26H,6,11-12H2,1-5H3/t24-/m1/s1. The number of aromatic nitrogens is 2. The molecule has 1 aromatic carbocycles. The highest BCUT2D eigenvalue weighted by Gasteiger charge is 2.54. The molecule has 3 heterocycles. The number of hydrogen-bond acceptors (Lipinski definition) is 5. The van der Waals surface area contributed by atoms with Crippen LogP contribution in [0.3, 0.4) is 0 Å². The van der Waals surface area contributed by atoms with Gasteiger partial charge in [-0.15, -0.1) is 5.11 Å². The highest BCUT2D eigenvalue weighted by Crippen LogP contribution is 2.55. The average Bonchev–Trinajstić information content (AvgIpc) is 3.37. The maximum atomic E-state index is 13.6. The zero-order valence-corrected chi connectivity index (χ0v) is 18.2. The van der Waals surface area contributed by atoms with E-state index in [0.717, 1.165) is 51.5 Å². The van der Waals surface area contributed by atoms with E-state index in [9.17, 15) is 4.79 Å². The molecule has 3 aliphatic rings. The lowest BCUT2D eigenvalue weighted by atomic mass is 9.63. The molecule has 6 nitrogen and oxygen atoms in total. The van der Waals surface area contributed by atoms with Gasteiger partial charge < -0.3 is 5.32 Å². The Kier molecular flexibility index (Phi) is 3.95. The highest BCUT2D eigenvalue weighted by molar-refractivity contribution is 6.06. The van der Waals surface area contributed by atoms with Crippen LogP contribution in [-0.2, 0) is 17.3 Å². The predicted octanol–water partition coefficient (Wildman–Crippen LogP) is 4.58. The van der Waals surface area contributed by atoms with Gasteiger partial charge >= 0.3 is 0 Å². The first kappa shape index (κ1) is 19.0. The van der Waals surface area contributed by atoms with Gasteiger partial charge in [-0.25, -0.2) is 0 Å². The van der Waals surface area contributed by atoms with Gasteiger partial charge in [0.15, 0.2) is 11.6 Å². The second kappa shape index (κ2) is 6.24. The van der Waals surface area contributed by atoms with Crippen LogP contribution in [-0.4, -0.2) is 22.1 Å². The van der Waals surface area contributed by atoms with Crippen LogP contribution in [0.1, 0.15) is 44.9 Å². The van der Waals surface area contributed by atoms with Gasteiger partial charge in [0.1, 0.15) is 0 Å². The number of ketones is 1. The number of Topliss-reactive ketones (excluding diaryl/α,β-unsaturated/α-hetero) is 1. The summed E-state index contributed by atoms with van der Waals surface area (Å²) in [6.07, 6.45) is 3.54. The van der Waals surface area contributed by atoms with Crippen molar-refractivity contribution in [3.63, 3.8) is 0 Å². The van der Waals surface area contributed by atoms with Crippen LogP contribution in [0.4, 0.5) is 0 Å². The van der Waals surface area contributed by atoms with Crippen molar-refractivity contribution < 1.29 is 4.79 Å². The third kappa shape index (κ3) is 2.42. The fraction of sp³-hybridized carbons (Fsp3) is 0.417. The van der Waals surface area contributed by atoms with E-state index in [1.54, 1.807) is 0 Å². The highest BCUT2D eigenvalue weighted by atomic mass is 16.1. The Bertz CT molecular complexity index is 1180. The van der Waals surface area contributed by atoms with Crippen LogP contribution < -0.4 is 5.32 Å². The van der Waals surface area contributed by atoms with Crippen molar-refractivity contribution in [1.29, 1.82) is 0 Å². The van der Waals surface area contributed by atoms with Crippen LogP contribution in [0, 0.1) is 12.3 Å². The van der Waals surface area contributed by atoms with Crippen LogP contribution >= 0.6 is 0 Å². The molecule has 2 aliphatic heterocycles. The van der Waals surface area contributed by atoms with Gasteiger partial charge in [-0.05, 0) is 30.5 Å². The summed E-state index contributed by atoms with van der Waals surface area (Å²) in [4.78, 5) is 13.6. The smallest absolute Gasteiger partial charge is 0.167 e. The van der Waals surface area contributed by atoms with E-state index < -0.39 is 10.8 Å². The van der Waals surface area contributed by atoms with E-state index in [2.05, 4.69) is 58.0 Å². The van der Waals surface area contributed by atoms with Crippen LogP contribution in [0.25, 0.3) is 11.1 Å². The molecule has 1 aromatic heterocycles. The van der Waals surface area contributed by atoms with Gasteiger partial charge in [0.2, 0.25) is 0 Å². The average molecular weight is 402 g/mol. The molecule has 1 aliphatic carbocycles. The summed E-state index contributed by atoms with van der Waals surface area (Å²) >= 11 is 0. The zero-order valence-electron chi connectivity index (χ0n) is 18.2. The number of azo groups is 1. The number of hydrogen-bond donors (Lipinski definition) is 1. The molecule has 0 radical (unpaired) electrons. The van der Waals surface area contributed by atoms with Crippen molar-refractivity contribution in [2.24, 2.45) is 22.7 Å². The number of aryl methyl sites for hydroxylation is 2. The van der Waals surface area contributed by atoms with E-state index >= 15 is 0 Å². The summed E-state index contributed by atoms with van der Waals surface area (Å²) in [5.41, 5.74) is 6.46. The Morgan fingerprint density at radius 3 is 2.77 bits per heavy atom. The number of allylic oxidation sites excluding steroid dienone is 2. The monoisotopic (exact) mass is 401 g/mol. The van der Waals surface area contributed by atoms with Gasteiger partial charge in [-0.1, -0.05) is 39.0 Å². The van der Waals surface area contributed by atoms with E-state index in [1.807, 2.05) is 32.5 Å². The molecule has 0 bridgehead atoms. The zero-order chi connectivity index (χ0) is 21.3. The number of carbonyl (C=O) groups is 1. The first-order valence-electron chi connectivity index (χ1n) is 10.6. The van der Waals surface area contributed by atoms with Crippen LogP contribution in [0.2, 0.25) is 0 Å². The number of nitrogens with one attached hydrogen (secondary N) is 1. The first-order valence-corrected chi connectivity index (χ1v) is 10.6. The fourth-order valence-corrected chi connectivity index (χ4v) is 5.44. The molecule has 0 unspecified atom stereocenters. The molecule has 0 saturated heterocycles. The minimum absolute atomic E-state index is 0.230. The molecule has 2 aromatic rings. The van der Waals surface area contributed by atoms with Gasteiger partial charge in [0.25, 0.3) is 0 Å². The van der Waals surface area contributed by atoms with Crippen LogP contribution in [0.15, 0.2) is 63.4 Å². The predicted molar refractivity (Wildman–Crippen MR) is 116 cm³/mol. The number of nitrogens with zero attached hydrogens (tertiary/aromatic N) is 4. The maximum Gasteiger partial charge on any atom is 0.167 e. The topological polar surface area (TPSA) is 71.6 Å². The lowest BCUT2D eigenvalue weighted by Crippen LogP contribution is -2.41. The van der Waals surface area contributed by atoms with Crippen molar-refractivity contribution >= 4 is 5.78 Å². The van der Waals surface area contributed by atoms with E-state index in [1.165, 1.54) is 0 Å². The lowest BCUT2D eigenvalue weighted by Gasteiger charge is -2.40. The molecule has 1 atom stereocenters. The van der Waals surface area contributed by atoms with Gasteiger partial charge in [-0.2, -0.15) is 10.2 Å². The summed E-state index contributed by atoms with van der Waals surface area (Å²) in [6, 6.07) is 8.58. The second-order valence-corrected chi connectivity index (χ2v) is 9.24. The summed E-state index contributed by atoms with van der Waals surface area (Å²) in [5, 5.41) is 16.7. The maximum absolute atomic E-state index is 13.6. The molecule has 154 valence electrons. The second-order valence-electron chi connectivity index (χ2n) is 9.24. The Labute approximate surface area is 176 Å². The SMILES string of the molecule is CC[C@@]1(c2cccc(-c3cn(C)nc3C)c2)C2=C(N=NC2)NC2=C1C(=O)C(C)(C)C2. The molecule has 30 heavy (non-hydrogen) atoms. The normalized spacial score (nSPS) is 24.4. The Morgan fingerprint density at radius 2 is 2.07 bits per heavy atom. The van der Waals surface area contributed by atoms with Gasteiger partial charge in [0, 0.05) is 47.5 Å². The summed E-state index contributed by atoms with van der Waals surface area (Å²) in [7, 11) is 1.94. The van der Waals surface area contributed by atoms with Gasteiger partial charge in [-0.3, -0.25) is 9.48 Å². The lowest BCUT2D eigenvalue weighted by molar-refractivity contribution is -0.122. The van der Waals surface area contributed by atoms with Crippen molar-refractivity contribution in [1.82, 2.24) is 15.1 Å². The summed E-state index contributed by atoms with van der Waals surface area (Å²) in [5.74, 6) is 1.05. The fourth-order valence-electron chi connectivity index (χ4n) is 5.44. The molecule has 0 fully saturated rings. The van der Waals surface area contributed by atoms with E-state index in [0.29, 0.717) is 13.0 Å². The van der Waals surface area contributed by atoms with Crippen molar-refractivity contribution in [2.45, 2.75) is 46.0 Å². The molecule has 0 amide bonds. The minimum Gasteiger partial charge on any atom is -0.342 e. The van der Waals surface area contributed by atoms with Crippen molar-refractivity contribution in [3.8, 4) is 11.1 Å². The molecular formula is C24H27N5O. The number of benzene rings is 1. The van der Waals surface area contributed by atoms with Crippen molar-refractivity contribution in [2.75, 3.05) is 6.54 Å². The summed E-state index contributed by atoms with van der Waals surface area (Å²) < 4.78 is 1.84. The third-order valence-electron chi connectivity index (χ3n) is 6.87. The Balaban J connectivity index is 1.74. The largest absolute Gasteiger partial charge is 0.342 e. The Morgan fingerprint density at radius 1 is 1.27 bits per heavy atom. The molecule has 6 heteroatoms. The number of dihydropyridines is 1. The molecule has 0 spiro atoms. The molecular weight excluding hydrogens is 374 g/mol. The number of carbonyl (C=O) groups excluding carboxylic acids is 1. The van der Waals surface area contributed by atoms with Crippen molar-refractivity contribution in [3.05, 3.63) is 64.4 Å². The molecule has 0 saturated carbocycles. The quantitative estimate of drug-likeness (QED) is 0.818. The van der Waals surface area contributed by atoms with Gasteiger partial charge in [0.05, 0.1) is 17.7 Å². The minimum atomic E-state index is -0.504. The van der Waals surface area contributed by atoms with E-state index in [-0.39, 0.29) is 5.78 Å². The molecule has 5 rings (SSSR count). The Hall–Kier alpha value is -3.02. The number of rotatable bonds is 3. The van der Waals surface area contributed by atoms with E-state index in [4.69, 9.17) is 0 Å². The first-order chi connectivity index (χ1) is 14.3. The molecule has 1 N–H and O–H groups in total. The third-order valence-corrected chi connectivity index (χ3v) is 6.87.